The van der Waals surface area contributed by atoms with Gasteiger partial charge in [0.1, 0.15) is 16.5 Å². The third-order valence-electron chi connectivity index (χ3n) is 4.21. The van der Waals surface area contributed by atoms with Gasteiger partial charge in [-0.15, -0.1) is 11.8 Å². The largest absolute Gasteiger partial charge is 0.422 e. The molecular weight excluding hydrogens is 438 g/mol. The fraction of sp³-hybridized carbons (Fsp3) is 0.158. The Morgan fingerprint density at radius 3 is 2.88 bits per heavy atom. The molecule has 0 bridgehead atoms. The van der Waals surface area contributed by atoms with Crippen LogP contribution in [0.4, 0.5) is 0 Å². The number of benzene rings is 2. The lowest BCUT2D eigenvalue weighted by Crippen LogP contribution is -2.33. The van der Waals surface area contributed by atoms with Gasteiger partial charge < -0.3 is 9.32 Å². The molecule has 1 fully saturated rings. The summed E-state index contributed by atoms with van der Waals surface area (Å²) < 4.78 is 6.19. The average molecular weight is 451 g/mol. The summed E-state index contributed by atoms with van der Waals surface area (Å²) in [5, 5.41) is 1.16. The Kier molecular flexibility index (Phi) is 4.82. The minimum Gasteiger partial charge on any atom is -0.422 e. The number of nitrogens with zero attached hydrogens (tertiary/aromatic N) is 1. The second-order valence-electron chi connectivity index (χ2n) is 5.91. The molecule has 1 saturated heterocycles. The molecule has 0 spiro atoms. The smallest absolute Gasteiger partial charge is 0.349 e. The molecule has 4 rings (SSSR count). The number of hydrogen-bond acceptors (Lipinski definition) is 4. The van der Waals surface area contributed by atoms with Crippen molar-refractivity contribution in [1.82, 2.24) is 4.90 Å². The molecule has 0 radical (unpaired) electrons. The molecule has 2 aromatic carbocycles. The molecule has 0 unspecified atom stereocenters. The van der Waals surface area contributed by atoms with Crippen molar-refractivity contribution >= 4 is 56.2 Å². The standard InChI is InChI=1S/C19H13BrClNO3S/c20-13-4-5-16-12(8-13)10-15(19(24)25-16)17(23)22-6-7-26-18(22)11-2-1-3-14(21)9-11/h1-5,8-10,18H,6-7H2/t18-/m1/s1. The van der Waals surface area contributed by atoms with Crippen molar-refractivity contribution in [1.29, 1.82) is 0 Å². The van der Waals surface area contributed by atoms with Crippen LogP contribution in [0.2, 0.25) is 5.02 Å². The number of thioether (sulfide) groups is 1. The van der Waals surface area contributed by atoms with Crippen molar-refractivity contribution in [3.8, 4) is 0 Å². The third-order valence-corrected chi connectivity index (χ3v) is 6.20. The minimum absolute atomic E-state index is 0.0464. The second-order valence-corrected chi connectivity index (χ2v) is 8.45. The zero-order chi connectivity index (χ0) is 18.3. The maximum absolute atomic E-state index is 13.1. The van der Waals surface area contributed by atoms with Crippen LogP contribution in [-0.2, 0) is 0 Å². The molecule has 1 atom stereocenters. The van der Waals surface area contributed by atoms with E-state index in [0.717, 1.165) is 15.8 Å². The predicted molar refractivity (Wildman–Crippen MR) is 108 cm³/mol. The number of hydrogen-bond donors (Lipinski definition) is 0. The van der Waals surface area contributed by atoms with Gasteiger partial charge in [0, 0.05) is 27.2 Å². The van der Waals surface area contributed by atoms with E-state index in [1.807, 2.05) is 24.3 Å². The first-order valence-electron chi connectivity index (χ1n) is 7.94. The van der Waals surface area contributed by atoms with Crippen LogP contribution in [0.3, 0.4) is 0 Å². The molecule has 1 aromatic heterocycles. The van der Waals surface area contributed by atoms with Gasteiger partial charge in [0.2, 0.25) is 0 Å². The number of rotatable bonds is 2. The fourth-order valence-corrected chi connectivity index (χ4v) is 4.84. The van der Waals surface area contributed by atoms with E-state index in [4.69, 9.17) is 16.0 Å². The van der Waals surface area contributed by atoms with Crippen LogP contribution in [0, 0.1) is 0 Å². The summed E-state index contributed by atoms with van der Waals surface area (Å²) in [4.78, 5) is 27.1. The molecule has 2 heterocycles. The van der Waals surface area contributed by atoms with Gasteiger partial charge in [0.15, 0.2) is 0 Å². The van der Waals surface area contributed by atoms with Crippen LogP contribution < -0.4 is 5.63 Å². The summed E-state index contributed by atoms with van der Waals surface area (Å²) in [6, 6.07) is 14.4. The molecule has 26 heavy (non-hydrogen) atoms. The van der Waals surface area contributed by atoms with E-state index >= 15 is 0 Å². The van der Waals surface area contributed by atoms with E-state index in [-0.39, 0.29) is 16.8 Å². The zero-order valence-corrected chi connectivity index (χ0v) is 16.6. The topological polar surface area (TPSA) is 50.5 Å². The lowest BCUT2D eigenvalue weighted by atomic mass is 10.1. The monoisotopic (exact) mass is 449 g/mol. The molecule has 4 nitrogen and oxygen atoms in total. The highest BCUT2D eigenvalue weighted by atomic mass is 79.9. The van der Waals surface area contributed by atoms with Crippen molar-refractivity contribution in [2.24, 2.45) is 0 Å². The summed E-state index contributed by atoms with van der Waals surface area (Å²) >= 11 is 11.1. The van der Waals surface area contributed by atoms with Crippen LogP contribution in [0.25, 0.3) is 11.0 Å². The van der Waals surface area contributed by atoms with Crippen LogP contribution in [0.5, 0.6) is 0 Å². The Labute approximate surface area is 167 Å². The highest BCUT2D eigenvalue weighted by Crippen LogP contribution is 2.39. The molecule has 3 aromatic rings. The fourth-order valence-electron chi connectivity index (χ4n) is 3.01. The molecule has 1 aliphatic rings. The minimum atomic E-state index is -0.619. The SMILES string of the molecule is O=C(c1cc2cc(Br)ccc2oc1=O)N1CCS[C@@H]1c1cccc(Cl)c1. The first-order chi connectivity index (χ1) is 12.5. The third kappa shape index (κ3) is 3.29. The van der Waals surface area contributed by atoms with Gasteiger partial charge in [-0.3, -0.25) is 4.79 Å². The Hall–Kier alpha value is -1.76. The maximum atomic E-state index is 13.1. The van der Waals surface area contributed by atoms with Crippen molar-refractivity contribution in [3.63, 3.8) is 0 Å². The average Bonchev–Trinajstić information content (AvgIpc) is 3.11. The summed E-state index contributed by atoms with van der Waals surface area (Å²) in [5.41, 5.74) is 0.829. The number of carbonyl (C=O) groups is 1. The van der Waals surface area contributed by atoms with E-state index in [1.54, 1.807) is 40.9 Å². The van der Waals surface area contributed by atoms with Crippen molar-refractivity contribution in [3.05, 3.63) is 79.6 Å². The van der Waals surface area contributed by atoms with Crippen molar-refractivity contribution < 1.29 is 9.21 Å². The van der Waals surface area contributed by atoms with Crippen LogP contribution in [-0.4, -0.2) is 23.1 Å². The molecule has 0 aliphatic carbocycles. The Morgan fingerprint density at radius 1 is 1.23 bits per heavy atom. The lowest BCUT2D eigenvalue weighted by molar-refractivity contribution is 0.0756. The first kappa shape index (κ1) is 17.6. The molecule has 0 N–H and O–H groups in total. The number of halogens is 2. The van der Waals surface area contributed by atoms with E-state index < -0.39 is 5.63 Å². The highest BCUT2D eigenvalue weighted by Gasteiger charge is 2.33. The predicted octanol–water partition coefficient (Wildman–Crippen LogP) is 5.10. The summed E-state index contributed by atoms with van der Waals surface area (Å²) in [6.07, 6.45) is 0. The van der Waals surface area contributed by atoms with Crippen molar-refractivity contribution in [2.75, 3.05) is 12.3 Å². The molecule has 1 amide bonds. The van der Waals surface area contributed by atoms with Gasteiger partial charge in [-0.2, -0.15) is 0 Å². The Bertz CT molecular complexity index is 1070. The van der Waals surface area contributed by atoms with Gasteiger partial charge in [0.25, 0.3) is 5.91 Å². The van der Waals surface area contributed by atoms with Gasteiger partial charge in [0.05, 0.1) is 0 Å². The number of fused-ring (bicyclic) bond motifs is 1. The summed E-state index contributed by atoms with van der Waals surface area (Å²) in [7, 11) is 0. The second kappa shape index (κ2) is 7.10. The van der Waals surface area contributed by atoms with Crippen LogP contribution in [0.1, 0.15) is 21.3 Å². The molecule has 7 heteroatoms. The zero-order valence-electron chi connectivity index (χ0n) is 13.4. The molecule has 132 valence electrons. The van der Waals surface area contributed by atoms with Gasteiger partial charge in [-0.05, 0) is 42.0 Å². The first-order valence-corrected chi connectivity index (χ1v) is 10.2. The Morgan fingerprint density at radius 2 is 2.08 bits per heavy atom. The summed E-state index contributed by atoms with van der Waals surface area (Å²) in [6.45, 7) is 0.566. The highest BCUT2D eigenvalue weighted by molar-refractivity contribution is 9.10. The van der Waals surface area contributed by atoms with Gasteiger partial charge >= 0.3 is 5.63 Å². The Balaban J connectivity index is 1.73. The molecular formula is C19H13BrClNO3S. The quantitative estimate of drug-likeness (QED) is 0.510. The van der Waals surface area contributed by atoms with Gasteiger partial charge in [-0.25, -0.2) is 4.79 Å². The number of carbonyl (C=O) groups excluding carboxylic acids is 1. The van der Waals surface area contributed by atoms with Crippen LogP contribution >= 0.6 is 39.3 Å². The molecule has 0 saturated carbocycles. The maximum Gasteiger partial charge on any atom is 0.349 e. The van der Waals surface area contributed by atoms with E-state index in [9.17, 15) is 9.59 Å². The van der Waals surface area contributed by atoms with E-state index in [0.29, 0.717) is 22.5 Å². The summed E-state index contributed by atoms with van der Waals surface area (Å²) in [5.74, 6) is 0.475. The normalized spacial score (nSPS) is 17.0. The van der Waals surface area contributed by atoms with Crippen LogP contribution in [0.15, 0.2) is 62.2 Å². The van der Waals surface area contributed by atoms with E-state index in [1.165, 1.54) is 0 Å². The molecule has 1 aliphatic heterocycles. The van der Waals surface area contributed by atoms with Crippen molar-refractivity contribution in [2.45, 2.75) is 5.37 Å². The lowest BCUT2D eigenvalue weighted by Gasteiger charge is -2.24. The van der Waals surface area contributed by atoms with Gasteiger partial charge in [-0.1, -0.05) is 39.7 Å². The number of amides is 1. The van der Waals surface area contributed by atoms with E-state index in [2.05, 4.69) is 15.9 Å².